The van der Waals surface area contributed by atoms with Crippen LogP contribution in [0.3, 0.4) is 0 Å². The molecule has 0 unspecified atom stereocenters. The van der Waals surface area contributed by atoms with Gasteiger partial charge in [0.25, 0.3) is 0 Å². The number of benzene rings is 1. The summed E-state index contributed by atoms with van der Waals surface area (Å²) >= 11 is 10.7. The Labute approximate surface area is 120 Å². The SMILES string of the molecule is Fc1ccc(Br)cc1-c1cc2ncnc(Cl)c2s1. The van der Waals surface area contributed by atoms with Crippen molar-refractivity contribution in [1.82, 2.24) is 9.97 Å². The van der Waals surface area contributed by atoms with E-state index in [9.17, 15) is 4.39 Å². The molecule has 0 spiro atoms. The molecule has 0 N–H and O–H groups in total. The lowest BCUT2D eigenvalue weighted by Gasteiger charge is -1.99. The van der Waals surface area contributed by atoms with E-state index in [4.69, 9.17) is 11.6 Å². The highest BCUT2D eigenvalue weighted by Crippen LogP contribution is 2.37. The highest BCUT2D eigenvalue weighted by atomic mass is 79.9. The zero-order valence-electron chi connectivity index (χ0n) is 8.82. The molecule has 6 heteroatoms. The van der Waals surface area contributed by atoms with Gasteiger partial charge in [-0.1, -0.05) is 27.5 Å². The normalized spacial score (nSPS) is 11.1. The first-order chi connectivity index (χ1) is 8.65. The third kappa shape index (κ3) is 2.02. The molecule has 0 atom stereocenters. The summed E-state index contributed by atoms with van der Waals surface area (Å²) < 4.78 is 15.4. The number of rotatable bonds is 1. The maximum atomic E-state index is 13.8. The molecular formula is C12H5BrClFN2S. The molecule has 90 valence electrons. The van der Waals surface area contributed by atoms with Crippen LogP contribution < -0.4 is 0 Å². The van der Waals surface area contributed by atoms with Gasteiger partial charge in [0, 0.05) is 14.9 Å². The van der Waals surface area contributed by atoms with Gasteiger partial charge >= 0.3 is 0 Å². The van der Waals surface area contributed by atoms with Gasteiger partial charge in [-0.05, 0) is 24.3 Å². The van der Waals surface area contributed by atoms with E-state index in [1.54, 1.807) is 12.1 Å². The molecule has 3 rings (SSSR count). The number of hydrogen-bond donors (Lipinski definition) is 0. The van der Waals surface area contributed by atoms with E-state index in [2.05, 4.69) is 25.9 Å². The summed E-state index contributed by atoms with van der Waals surface area (Å²) in [4.78, 5) is 8.82. The molecule has 0 saturated carbocycles. The van der Waals surface area contributed by atoms with Gasteiger partial charge in [0.05, 0.1) is 10.2 Å². The molecule has 0 radical (unpaired) electrons. The predicted octanol–water partition coefficient (Wildman–Crippen LogP) is 4.91. The number of fused-ring (bicyclic) bond motifs is 1. The first kappa shape index (κ1) is 12.0. The van der Waals surface area contributed by atoms with Crippen molar-refractivity contribution in [1.29, 1.82) is 0 Å². The zero-order valence-corrected chi connectivity index (χ0v) is 12.0. The van der Waals surface area contributed by atoms with Crippen LogP contribution in [0, 0.1) is 5.82 Å². The summed E-state index contributed by atoms with van der Waals surface area (Å²) in [6, 6.07) is 6.65. The largest absolute Gasteiger partial charge is 0.235 e. The minimum absolute atomic E-state index is 0.270. The molecular weight excluding hydrogens is 339 g/mol. The van der Waals surface area contributed by atoms with Gasteiger partial charge in [0.1, 0.15) is 17.3 Å². The van der Waals surface area contributed by atoms with Crippen LogP contribution >= 0.6 is 38.9 Å². The lowest BCUT2D eigenvalue weighted by atomic mass is 10.2. The summed E-state index contributed by atoms with van der Waals surface area (Å²) in [5.74, 6) is -0.270. The Balaban J connectivity index is 2.26. The minimum Gasteiger partial charge on any atom is -0.235 e. The maximum absolute atomic E-state index is 13.8. The van der Waals surface area contributed by atoms with E-state index in [1.165, 1.54) is 23.7 Å². The van der Waals surface area contributed by atoms with Gasteiger partial charge in [0.2, 0.25) is 0 Å². The van der Waals surface area contributed by atoms with E-state index < -0.39 is 0 Å². The fraction of sp³-hybridized carbons (Fsp3) is 0. The van der Waals surface area contributed by atoms with Gasteiger partial charge in [-0.15, -0.1) is 11.3 Å². The van der Waals surface area contributed by atoms with Gasteiger partial charge < -0.3 is 0 Å². The lowest BCUT2D eigenvalue weighted by molar-refractivity contribution is 0.631. The predicted molar refractivity (Wildman–Crippen MR) is 75.5 cm³/mol. The standard InChI is InChI=1S/C12H5BrClFN2S/c13-6-1-2-8(15)7(3-6)10-4-9-11(18-10)12(14)17-5-16-9/h1-5H. The summed E-state index contributed by atoms with van der Waals surface area (Å²) in [7, 11) is 0. The van der Waals surface area contributed by atoms with E-state index in [0.29, 0.717) is 10.7 Å². The second-order valence-electron chi connectivity index (χ2n) is 3.61. The van der Waals surface area contributed by atoms with E-state index in [0.717, 1.165) is 19.6 Å². The Bertz CT molecular complexity index is 744. The van der Waals surface area contributed by atoms with Crippen molar-refractivity contribution in [3.63, 3.8) is 0 Å². The Kier molecular flexibility index (Phi) is 3.05. The number of hydrogen-bond acceptors (Lipinski definition) is 3. The van der Waals surface area contributed by atoms with E-state index >= 15 is 0 Å². The molecule has 2 nitrogen and oxygen atoms in total. The van der Waals surface area contributed by atoms with Crippen LogP contribution in [-0.2, 0) is 0 Å². The molecule has 3 aromatic rings. The quantitative estimate of drug-likeness (QED) is 0.587. The van der Waals surface area contributed by atoms with Crippen LogP contribution in [0.5, 0.6) is 0 Å². The van der Waals surface area contributed by atoms with Gasteiger partial charge in [0.15, 0.2) is 0 Å². The topological polar surface area (TPSA) is 25.8 Å². The molecule has 0 aliphatic rings. The van der Waals surface area contributed by atoms with E-state index in [1.807, 2.05) is 6.07 Å². The summed E-state index contributed by atoms with van der Waals surface area (Å²) in [6.45, 7) is 0. The molecule has 18 heavy (non-hydrogen) atoms. The van der Waals surface area contributed by atoms with E-state index in [-0.39, 0.29) is 5.82 Å². The minimum atomic E-state index is -0.270. The fourth-order valence-corrected chi connectivity index (χ4v) is 3.27. The second kappa shape index (κ2) is 4.57. The van der Waals surface area contributed by atoms with Crippen molar-refractivity contribution in [2.75, 3.05) is 0 Å². The Morgan fingerprint density at radius 3 is 2.83 bits per heavy atom. The van der Waals surface area contributed by atoms with Crippen molar-refractivity contribution in [2.45, 2.75) is 0 Å². The number of aromatic nitrogens is 2. The molecule has 0 bridgehead atoms. The van der Waals surface area contributed by atoms with Crippen molar-refractivity contribution in [3.8, 4) is 10.4 Å². The van der Waals surface area contributed by atoms with Crippen LogP contribution in [0.4, 0.5) is 4.39 Å². The van der Waals surface area contributed by atoms with Crippen molar-refractivity contribution in [3.05, 3.63) is 46.0 Å². The van der Waals surface area contributed by atoms with Crippen molar-refractivity contribution < 1.29 is 4.39 Å². The third-order valence-electron chi connectivity index (χ3n) is 2.46. The summed E-state index contributed by atoms with van der Waals surface area (Å²) in [5.41, 5.74) is 1.26. The van der Waals surface area contributed by atoms with Crippen LogP contribution in [0.25, 0.3) is 20.7 Å². The highest BCUT2D eigenvalue weighted by Gasteiger charge is 2.12. The molecule has 0 aliphatic carbocycles. The van der Waals surface area contributed by atoms with Gasteiger partial charge in [-0.3, -0.25) is 0 Å². The zero-order chi connectivity index (χ0) is 12.7. The van der Waals surface area contributed by atoms with Crippen molar-refractivity contribution >= 4 is 49.1 Å². The number of nitrogens with zero attached hydrogens (tertiary/aromatic N) is 2. The number of halogens is 3. The monoisotopic (exact) mass is 342 g/mol. The van der Waals surface area contributed by atoms with Gasteiger partial charge in [-0.25, -0.2) is 14.4 Å². The van der Waals surface area contributed by atoms with Crippen LogP contribution in [-0.4, -0.2) is 9.97 Å². The summed E-state index contributed by atoms with van der Waals surface area (Å²) in [6.07, 6.45) is 1.40. The molecule has 2 aromatic heterocycles. The molecule has 1 aromatic carbocycles. The Morgan fingerprint density at radius 2 is 2.06 bits per heavy atom. The van der Waals surface area contributed by atoms with Crippen LogP contribution in [0.15, 0.2) is 35.1 Å². The first-order valence-electron chi connectivity index (χ1n) is 5.00. The first-order valence-corrected chi connectivity index (χ1v) is 6.99. The average Bonchev–Trinajstić information content (AvgIpc) is 2.77. The van der Waals surface area contributed by atoms with Crippen LogP contribution in [0.1, 0.15) is 0 Å². The Morgan fingerprint density at radius 1 is 1.22 bits per heavy atom. The second-order valence-corrected chi connectivity index (χ2v) is 5.94. The molecule has 0 amide bonds. The molecule has 0 saturated heterocycles. The molecule has 0 aliphatic heterocycles. The number of thiophene rings is 1. The average molecular weight is 344 g/mol. The lowest BCUT2D eigenvalue weighted by Crippen LogP contribution is -1.80. The highest BCUT2D eigenvalue weighted by molar-refractivity contribution is 9.10. The van der Waals surface area contributed by atoms with Crippen molar-refractivity contribution in [2.24, 2.45) is 0 Å². The summed E-state index contributed by atoms with van der Waals surface area (Å²) in [5, 5.41) is 0.395. The van der Waals surface area contributed by atoms with Crippen LogP contribution in [0.2, 0.25) is 5.15 Å². The molecule has 0 fully saturated rings. The fourth-order valence-electron chi connectivity index (χ4n) is 1.64. The molecule has 2 heterocycles. The smallest absolute Gasteiger partial charge is 0.150 e. The Hall–Kier alpha value is -1.04. The third-order valence-corrected chi connectivity index (χ3v) is 4.52. The van der Waals surface area contributed by atoms with Gasteiger partial charge in [-0.2, -0.15) is 0 Å². The maximum Gasteiger partial charge on any atom is 0.150 e.